The van der Waals surface area contributed by atoms with E-state index in [1.54, 1.807) is 0 Å². The zero-order chi connectivity index (χ0) is 31.6. The highest BCUT2D eigenvalue weighted by Gasteiger charge is 2.16. The van der Waals surface area contributed by atoms with Crippen molar-refractivity contribution in [2.75, 3.05) is 0 Å². The third-order valence-corrected chi connectivity index (χ3v) is 9.94. The summed E-state index contributed by atoms with van der Waals surface area (Å²) in [7, 11) is 0. The third-order valence-electron chi connectivity index (χ3n) is 9.94. The average molecular weight is 615 g/mol. The maximum atomic E-state index is 6.34. The number of rotatable bonds is 4. The second-order valence-electron chi connectivity index (χ2n) is 12.7. The lowest BCUT2D eigenvalue weighted by atomic mass is 9.95. The molecule has 0 atom stereocenters. The average Bonchev–Trinajstić information content (AvgIpc) is 3.70. The van der Waals surface area contributed by atoms with Crippen molar-refractivity contribution in [3.05, 3.63) is 169 Å². The highest BCUT2D eigenvalue weighted by Crippen LogP contribution is 2.38. The van der Waals surface area contributed by atoms with Gasteiger partial charge in [-0.3, -0.25) is 4.99 Å². The summed E-state index contributed by atoms with van der Waals surface area (Å²) in [6, 6.07) is 56.5. The molecule has 0 saturated heterocycles. The molecule has 7 aromatic carbocycles. The van der Waals surface area contributed by atoms with Crippen LogP contribution < -0.4 is 0 Å². The van der Waals surface area contributed by atoms with Crippen LogP contribution in [0.2, 0.25) is 0 Å². The normalized spacial score (nSPS) is 13.0. The fourth-order valence-corrected chi connectivity index (χ4v) is 7.54. The molecular formula is C45H30N2O. The van der Waals surface area contributed by atoms with E-state index in [9.17, 15) is 0 Å². The Hall–Kier alpha value is -6.19. The Morgan fingerprint density at radius 3 is 2.06 bits per heavy atom. The van der Waals surface area contributed by atoms with Crippen molar-refractivity contribution in [1.29, 1.82) is 0 Å². The molecule has 3 heteroatoms. The van der Waals surface area contributed by atoms with E-state index in [4.69, 9.17) is 9.41 Å². The Labute approximate surface area is 278 Å². The zero-order valence-electron chi connectivity index (χ0n) is 26.2. The summed E-state index contributed by atoms with van der Waals surface area (Å²) in [4.78, 5) is 4.98. The van der Waals surface area contributed by atoms with E-state index in [1.165, 1.54) is 49.8 Å². The fraction of sp³-hybridized carbons (Fsp3) is 0.0444. The summed E-state index contributed by atoms with van der Waals surface area (Å²) in [5.74, 6) is 0. The number of aromatic nitrogens is 1. The number of fused-ring (bicyclic) bond motifs is 7. The van der Waals surface area contributed by atoms with Crippen LogP contribution >= 0.6 is 0 Å². The molecule has 0 amide bonds. The van der Waals surface area contributed by atoms with Crippen LogP contribution in [0.1, 0.15) is 17.5 Å². The van der Waals surface area contributed by atoms with Gasteiger partial charge in [0.1, 0.15) is 11.2 Å². The molecule has 0 aliphatic carbocycles. The number of hydrogen-bond donors (Lipinski definition) is 0. The first-order chi connectivity index (χ1) is 23.8. The van der Waals surface area contributed by atoms with Crippen LogP contribution in [0.25, 0.3) is 71.7 Å². The molecule has 9 aromatic rings. The van der Waals surface area contributed by atoms with Gasteiger partial charge in [-0.25, -0.2) is 0 Å². The van der Waals surface area contributed by atoms with Gasteiger partial charge in [0.25, 0.3) is 0 Å². The van der Waals surface area contributed by atoms with Gasteiger partial charge in [0.05, 0.1) is 16.7 Å². The van der Waals surface area contributed by atoms with Gasteiger partial charge >= 0.3 is 0 Å². The number of para-hydroxylation sites is 4. The lowest BCUT2D eigenvalue weighted by Gasteiger charge is -2.15. The van der Waals surface area contributed by atoms with Crippen molar-refractivity contribution in [3.63, 3.8) is 0 Å². The molecule has 48 heavy (non-hydrogen) atoms. The Morgan fingerprint density at radius 2 is 1.17 bits per heavy atom. The molecule has 0 N–H and O–H groups in total. The smallest absolute Gasteiger partial charge is 0.143 e. The first-order valence-corrected chi connectivity index (χ1v) is 16.6. The maximum absolute atomic E-state index is 6.34. The molecule has 226 valence electrons. The number of benzene rings is 7. The van der Waals surface area contributed by atoms with Crippen LogP contribution in [0.3, 0.4) is 0 Å². The van der Waals surface area contributed by atoms with E-state index in [0.29, 0.717) is 0 Å². The summed E-state index contributed by atoms with van der Waals surface area (Å²) < 4.78 is 8.72. The van der Waals surface area contributed by atoms with E-state index in [2.05, 4.69) is 150 Å². The largest absolute Gasteiger partial charge is 0.455 e. The molecule has 0 spiro atoms. The van der Waals surface area contributed by atoms with Crippen LogP contribution in [0.4, 0.5) is 5.69 Å². The second-order valence-corrected chi connectivity index (χ2v) is 12.7. The molecule has 1 aliphatic heterocycles. The van der Waals surface area contributed by atoms with E-state index in [1.807, 2.05) is 12.1 Å². The monoisotopic (exact) mass is 614 g/mol. The number of aryl methyl sites for hydroxylation is 1. The van der Waals surface area contributed by atoms with E-state index in [0.717, 1.165) is 57.3 Å². The van der Waals surface area contributed by atoms with E-state index < -0.39 is 0 Å². The van der Waals surface area contributed by atoms with Crippen LogP contribution in [0, 0.1) is 0 Å². The first-order valence-electron chi connectivity index (χ1n) is 16.6. The van der Waals surface area contributed by atoms with Crippen molar-refractivity contribution >= 4 is 55.1 Å². The maximum Gasteiger partial charge on any atom is 0.143 e. The van der Waals surface area contributed by atoms with Gasteiger partial charge in [0.15, 0.2) is 0 Å². The minimum atomic E-state index is 0.918. The van der Waals surface area contributed by atoms with Crippen LogP contribution in [-0.2, 0) is 6.42 Å². The van der Waals surface area contributed by atoms with Gasteiger partial charge < -0.3 is 8.98 Å². The standard InChI is InChI=1S/C45H30N2O/c1-4-13-40-31(8-1)22-26-41(46-40)32-18-16-29(17-19-32)33-23-27-43-39(28-33)36-9-2-5-14-42(36)47(43)34-24-20-30(21-25-34)35-11-7-12-38-37-10-3-6-15-44(37)48-45(35)38/h1-21,23-25,27-28H,22,26H2. The summed E-state index contributed by atoms with van der Waals surface area (Å²) in [5, 5.41) is 4.79. The summed E-state index contributed by atoms with van der Waals surface area (Å²) in [5.41, 5.74) is 14.8. The van der Waals surface area contributed by atoms with Crippen LogP contribution in [-0.4, -0.2) is 10.3 Å². The SMILES string of the molecule is c1ccc2c(c1)CCC(c1ccc(-c3ccc4c(c3)c3ccccc3n4-c3ccc(-c4cccc5c4oc4ccccc45)cc3)cc1)=N2. The molecule has 1 aliphatic rings. The van der Waals surface area contributed by atoms with Gasteiger partial charge in [-0.2, -0.15) is 0 Å². The zero-order valence-corrected chi connectivity index (χ0v) is 26.2. The van der Waals surface area contributed by atoms with Crippen molar-refractivity contribution in [2.24, 2.45) is 4.99 Å². The lowest BCUT2D eigenvalue weighted by molar-refractivity contribution is 0.670. The number of nitrogens with zero attached hydrogens (tertiary/aromatic N) is 2. The first kappa shape index (κ1) is 27.0. The molecule has 0 bridgehead atoms. The Kier molecular flexibility index (Phi) is 6.00. The number of aliphatic imine (C=N–C) groups is 1. The van der Waals surface area contributed by atoms with Crippen molar-refractivity contribution in [2.45, 2.75) is 12.8 Å². The Morgan fingerprint density at radius 1 is 0.479 bits per heavy atom. The molecular weight excluding hydrogens is 585 g/mol. The highest BCUT2D eigenvalue weighted by atomic mass is 16.3. The van der Waals surface area contributed by atoms with Gasteiger partial charge in [-0.05, 0) is 83.1 Å². The minimum Gasteiger partial charge on any atom is -0.455 e. The van der Waals surface area contributed by atoms with Crippen molar-refractivity contribution in [3.8, 4) is 27.9 Å². The number of furan rings is 1. The highest BCUT2D eigenvalue weighted by molar-refractivity contribution is 6.11. The number of hydrogen-bond acceptors (Lipinski definition) is 2. The minimum absolute atomic E-state index is 0.918. The summed E-state index contributed by atoms with van der Waals surface area (Å²) in [6.45, 7) is 0. The van der Waals surface area contributed by atoms with Crippen LogP contribution in [0.5, 0.6) is 0 Å². The Bertz CT molecular complexity index is 2710. The predicted molar refractivity (Wildman–Crippen MR) is 200 cm³/mol. The predicted octanol–water partition coefficient (Wildman–Crippen LogP) is 12.1. The van der Waals surface area contributed by atoms with Crippen LogP contribution in [0.15, 0.2) is 167 Å². The Balaban J connectivity index is 1.02. The van der Waals surface area contributed by atoms with E-state index >= 15 is 0 Å². The third kappa shape index (κ3) is 4.25. The molecule has 0 saturated carbocycles. The fourth-order valence-electron chi connectivity index (χ4n) is 7.54. The summed E-state index contributed by atoms with van der Waals surface area (Å²) >= 11 is 0. The van der Waals surface area contributed by atoms with E-state index in [-0.39, 0.29) is 0 Å². The molecule has 3 heterocycles. The molecule has 0 unspecified atom stereocenters. The molecule has 3 nitrogen and oxygen atoms in total. The van der Waals surface area contributed by atoms with Gasteiger partial charge in [-0.15, -0.1) is 0 Å². The molecule has 0 radical (unpaired) electrons. The van der Waals surface area contributed by atoms with Crippen molar-refractivity contribution < 1.29 is 4.42 Å². The summed E-state index contributed by atoms with van der Waals surface area (Å²) in [6.07, 6.45) is 2.01. The van der Waals surface area contributed by atoms with Gasteiger partial charge in [-0.1, -0.05) is 115 Å². The topological polar surface area (TPSA) is 30.4 Å². The second kappa shape index (κ2) is 10.7. The molecule has 10 rings (SSSR count). The van der Waals surface area contributed by atoms with Crippen molar-refractivity contribution in [1.82, 2.24) is 4.57 Å². The quantitative estimate of drug-likeness (QED) is 0.194. The molecule has 0 fully saturated rings. The van der Waals surface area contributed by atoms with Gasteiger partial charge in [0.2, 0.25) is 0 Å². The molecule has 2 aromatic heterocycles. The van der Waals surface area contributed by atoms with Gasteiger partial charge in [0, 0.05) is 38.5 Å². The lowest BCUT2D eigenvalue weighted by Crippen LogP contribution is -2.07.